The van der Waals surface area contributed by atoms with Crippen molar-refractivity contribution in [2.45, 2.75) is 140 Å². The van der Waals surface area contributed by atoms with Crippen molar-refractivity contribution in [2.24, 2.45) is 0 Å². The van der Waals surface area contributed by atoms with Crippen LogP contribution in [0.2, 0.25) is 0 Å². The van der Waals surface area contributed by atoms with Gasteiger partial charge in [0.2, 0.25) is 23.6 Å². The van der Waals surface area contributed by atoms with E-state index >= 15 is 0 Å². The van der Waals surface area contributed by atoms with Crippen LogP contribution < -0.4 is 21.3 Å². The van der Waals surface area contributed by atoms with Gasteiger partial charge in [-0.3, -0.25) is 19.2 Å². The predicted molar refractivity (Wildman–Crippen MR) is 184 cm³/mol. The van der Waals surface area contributed by atoms with Crippen molar-refractivity contribution in [3.63, 3.8) is 0 Å². The molecule has 2 bridgehead atoms. The fourth-order valence-electron chi connectivity index (χ4n) is 5.87. The van der Waals surface area contributed by atoms with E-state index in [1.807, 2.05) is 0 Å². The van der Waals surface area contributed by atoms with E-state index in [1.165, 1.54) is 26.2 Å². The largest absolute Gasteiger partial charge is 0.388 e. The number of rotatable bonds is 29. The molecule has 0 aromatic carbocycles. The molecule has 0 aromatic heterocycles. The lowest BCUT2D eigenvalue weighted by Gasteiger charge is -2.42. The normalized spacial score (nSPS) is 22.6. The third-order valence-corrected chi connectivity index (χ3v) is 8.75. The highest BCUT2D eigenvalue weighted by Crippen LogP contribution is 2.37. The topological polar surface area (TPSA) is 211 Å². The zero-order valence-corrected chi connectivity index (χ0v) is 30.1. The standard InChI is InChI=1S/C35H62N4O11/c1-26(40)14-9-7-5-3-4-6-8-10-15-29(43)38-20-23-47-22-17-30(44)37-19-13-18-36-28(42)16-11-12-21-48-24-35-25-49-34(50-35)31(39-27(2)41)32(45)33(35)46/h31-34,45-46H,3-25H2,1-2H3,(H,36,42)(H,37,44)(H,38,43)(H,39,41)/t31-,32-,33-,34+,35+/m1/s1. The molecule has 2 fully saturated rings. The van der Waals surface area contributed by atoms with E-state index in [-0.39, 0.29) is 55.7 Å². The zero-order chi connectivity index (χ0) is 36.6. The summed E-state index contributed by atoms with van der Waals surface area (Å²) in [6.07, 6.45) is 8.78. The summed E-state index contributed by atoms with van der Waals surface area (Å²) in [4.78, 5) is 58.3. The number of ketones is 1. The molecule has 4 amide bonds. The minimum absolute atomic E-state index is 0.00466. The van der Waals surface area contributed by atoms with Gasteiger partial charge in [0.1, 0.15) is 29.6 Å². The number of hydrogen-bond acceptors (Lipinski definition) is 11. The molecule has 50 heavy (non-hydrogen) atoms. The number of fused-ring (bicyclic) bond motifs is 2. The summed E-state index contributed by atoms with van der Waals surface area (Å²) in [6, 6.07) is -0.867. The molecular formula is C35H62N4O11. The number of ether oxygens (including phenoxy) is 4. The summed E-state index contributed by atoms with van der Waals surface area (Å²) in [5.41, 5.74) is -1.21. The number of aliphatic hydroxyl groups is 2. The molecule has 0 radical (unpaired) electrons. The summed E-state index contributed by atoms with van der Waals surface area (Å²) in [5, 5.41) is 32.0. The van der Waals surface area contributed by atoms with Crippen LogP contribution in [-0.4, -0.2) is 122 Å². The summed E-state index contributed by atoms with van der Waals surface area (Å²) in [7, 11) is 0. The summed E-state index contributed by atoms with van der Waals surface area (Å²) in [5.74, 6) is -0.315. The number of nitrogens with one attached hydrogen (secondary N) is 4. The molecule has 0 saturated carbocycles. The van der Waals surface area contributed by atoms with Gasteiger partial charge in [-0.25, -0.2) is 0 Å². The number of carbonyl (C=O) groups excluding carboxylic acids is 5. The quantitative estimate of drug-likeness (QED) is 0.0606. The molecule has 5 atom stereocenters. The van der Waals surface area contributed by atoms with Crippen molar-refractivity contribution in [2.75, 3.05) is 52.7 Å². The van der Waals surface area contributed by atoms with E-state index in [2.05, 4.69) is 21.3 Å². The Hall–Kier alpha value is -2.69. The highest BCUT2D eigenvalue weighted by atomic mass is 16.7. The van der Waals surface area contributed by atoms with Crippen LogP contribution in [0.4, 0.5) is 0 Å². The van der Waals surface area contributed by atoms with Gasteiger partial charge < -0.3 is 55.2 Å². The van der Waals surface area contributed by atoms with Crippen molar-refractivity contribution in [3.05, 3.63) is 0 Å². The van der Waals surface area contributed by atoms with E-state index < -0.39 is 30.1 Å². The minimum atomic E-state index is -1.30. The number of aliphatic hydroxyl groups excluding tert-OH is 2. The molecule has 0 aliphatic carbocycles. The Balaban J connectivity index is 1.34. The van der Waals surface area contributed by atoms with Gasteiger partial charge in [-0.15, -0.1) is 0 Å². The summed E-state index contributed by atoms with van der Waals surface area (Å²) in [6.45, 7) is 5.21. The van der Waals surface area contributed by atoms with E-state index in [1.54, 1.807) is 6.92 Å². The number of unbranched alkanes of at least 4 members (excludes halogenated alkanes) is 8. The second-order valence-corrected chi connectivity index (χ2v) is 13.3. The maximum absolute atomic E-state index is 12.1. The Morgan fingerprint density at radius 1 is 0.660 bits per heavy atom. The Kier molecular flexibility index (Phi) is 22.0. The number of hydrogen-bond donors (Lipinski definition) is 6. The van der Waals surface area contributed by atoms with Crippen LogP contribution >= 0.6 is 0 Å². The fraction of sp³-hybridized carbons (Fsp3) is 0.857. The van der Waals surface area contributed by atoms with Crippen LogP contribution in [0.15, 0.2) is 0 Å². The fourth-order valence-corrected chi connectivity index (χ4v) is 5.87. The lowest BCUT2D eigenvalue weighted by molar-refractivity contribution is -0.237. The molecule has 6 N–H and O–H groups in total. The molecule has 15 nitrogen and oxygen atoms in total. The van der Waals surface area contributed by atoms with Gasteiger partial charge >= 0.3 is 0 Å². The van der Waals surface area contributed by atoms with Gasteiger partial charge in [0.25, 0.3) is 0 Å². The Morgan fingerprint density at radius 3 is 1.84 bits per heavy atom. The molecule has 2 aliphatic rings. The molecule has 2 aliphatic heterocycles. The van der Waals surface area contributed by atoms with E-state index in [9.17, 15) is 34.2 Å². The van der Waals surface area contributed by atoms with Crippen LogP contribution in [0.1, 0.15) is 110 Å². The third kappa shape index (κ3) is 18.0. The van der Waals surface area contributed by atoms with Gasteiger partial charge in [-0.2, -0.15) is 0 Å². The highest BCUT2D eigenvalue weighted by molar-refractivity contribution is 5.77. The lowest BCUT2D eigenvalue weighted by Crippen LogP contribution is -2.66. The average molecular weight is 715 g/mol. The monoisotopic (exact) mass is 714 g/mol. The van der Waals surface area contributed by atoms with Crippen molar-refractivity contribution in [1.29, 1.82) is 0 Å². The van der Waals surface area contributed by atoms with Crippen molar-refractivity contribution in [3.8, 4) is 0 Å². The molecule has 2 saturated heterocycles. The Bertz CT molecular complexity index is 1030. The SMILES string of the molecule is CC(=O)CCCCCCCCCCC(=O)NCCOCCC(=O)NCCCNC(=O)CCCCOC[C@@]12CO[C@@H](O1)[C@H](NC(C)=O)[C@@H](O)[C@H]2O. The Labute approximate surface area is 296 Å². The predicted octanol–water partition coefficient (Wildman–Crippen LogP) is 1.16. The molecule has 2 rings (SSSR count). The van der Waals surface area contributed by atoms with Crippen LogP contribution in [0, 0.1) is 0 Å². The highest BCUT2D eigenvalue weighted by Gasteiger charge is 2.59. The van der Waals surface area contributed by atoms with Crippen LogP contribution in [0.5, 0.6) is 0 Å². The first-order chi connectivity index (χ1) is 24.0. The number of carbonyl (C=O) groups is 5. The van der Waals surface area contributed by atoms with Gasteiger partial charge in [-0.1, -0.05) is 38.5 Å². The van der Waals surface area contributed by atoms with Crippen LogP contribution in [0.3, 0.4) is 0 Å². The molecular weight excluding hydrogens is 652 g/mol. The molecule has 0 spiro atoms. The Morgan fingerprint density at radius 2 is 1.22 bits per heavy atom. The number of Topliss-reactive ketones (excluding diaryl/α,β-unsaturated/α-hetero) is 1. The van der Waals surface area contributed by atoms with Gasteiger partial charge in [0.15, 0.2) is 6.29 Å². The first kappa shape index (κ1) is 43.5. The van der Waals surface area contributed by atoms with E-state index in [4.69, 9.17) is 18.9 Å². The first-order valence-corrected chi connectivity index (χ1v) is 18.4. The van der Waals surface area contributed by atoms with E-state index in [0.717, 1.165) is 32.1 Å². The van der Waals surface area contributed by atoms with E-state index in [0.29, 0.717) is 71.4 Å². The van der Waals surface area contributed by atoms with Crippen LogP contribution in [-0.2, 0) is 42.9 Å². The van der Waals surface area contributed by atoms with Crippen LogP contribution in [0.25, 0.3) is 0 Å². The maximum atomic E-state index is 12.1. The number of amides is 4. The summed E-state index contributed by atoms with van der Waals surface area (Å²) < 4.78 is 22.5. The third-order valence-electron chi connectivity index (χ3n) is 8.75. The zero-order valence-electron chi connectivity index (χ0n) is 30.1. The lowest BCUT2D eigenvalue weighted by atomic mass is 9.88. The molecule has 15 heteroatoms. The minimum Gasteiger partial charge on any atom is -0.388 e. The summed E-state index contributed by atoms with van der Waals surface area (Å²) >= 11 is 0. The first-order valence-electron chi connectivity index (χ1n) is 18.4. The van der Waals surface area contributed by atoms with Crippen molar-refractivity contribution >= 4 is 29.4 Å². The van der Waals surface area contributed by atoms with Crippen molar-refractivity contribution in [1.82, 2.24) is 21.3 Å². The smallest absolute Gasteiger partial charge is 0.222 e. The second kappa shape index (κ2) is 25.3. The molecule has 288 valence electrons. The second-order valence-electron chi connectivity index (χ2n) is 13.3. The molecule has 0 unspecified atom stereocenters. The average Bonchev–Trinajstić information content (AvgIpc) is 3.48. The maximum Gasteiger partial charge on any atom is 0.222 e. The van der Waals surface area contributed by atoms with Crippen molar-refractivity contribution < 1.29 is 53.1 Å². The van der Waals surface area contributed by atoms with Gasteiger partial charge in [0, 0.05) is 58.8 Å². The van der Waals surface area contributed by atoms with Gasteiger partial charge in [0.05, 0.1) is 26.4 Å². The molecule has 0 aromatic rings. The van der Waals surface area contributed by atoms with Gasteiger partial charge in [-0.05, 0) is 39.0 Å². The molecule has 2 heterocycles.